The number of urea groups is 1. The summed E-state index contributed by atoms with van der Waals surface area (Å²) in [5.74, 6) is 0. The largest absolute Gasteiger partial charge is 0.372 e. The van der Waals surface area contributed by atoms with Gasteiger partial charge in [-0.1, -0.05) is 36.4 Å². The molecule has 1 saturated heterocycles. The minimum absolute atomic E-state index is 0.134. The van der Waals surface area contributed by atoms with E-state index >= 15 is 0 Å². The third-order valence-electron chi connectivity index (χ3n) is 4.84. The van der Waals surface area contributed by atoms with Crippen molar-refractivity contribution in [3.05, 3.63) is 65.2 Å². The van der Waals surface area contributed by atoms with Crippen LogP contribution in [-0.2, 0) is 24.5 Å². The average molecular weight is 337 g/mol. The molecule has 2 amide bonds. The van der Waals surface area contributed by atoms with E-state index in [1.807, 2.05) is 24.3 Å². The van der Waals surface area contributed by atoms with Crippen molar-refractivity contribution >= 4 is 11.7 Å². The third-order valence-corrected chi connectivity index (χ3v) is 4.84. The van der Waals surface area contributed by atoms with Crippen LogP contribution in [0.5, 0.6) is 0 Å². The molecular weight excluding hydrogens is 314 g/mol. The highest BCUT2D eigenvalue weighted by Crippen LogP contribution is 2.23. The number of fused-ring (bicyclic) bond motifs is 1. The summed E-state index contributed by atoms with van der Waals surface area (Å²) in [5.41, 5.74) is 4.50. The van der Waals surface area contributed by atoms with Gasteiger partial charge in [-0.05, 0) is 35.2 Å². The minimum atomic E-state index is -0.134. The van der Waals surface area contributed by atoms with Gasteiger partial charge in [0.25, 0.3) is 0 Å². The number of anilines is 1. The summed E-state index contributed by atoms with van der Waals surface area (Å²) in [6, 6.07) is 16.5. The lowest BCUT2D eigenvalue weighted by Crippen LogP contribution is -2.39. The summed E-state index contributed by atoms with van der Waals surface area (Å²) in [5, 5.41) is 6.03. The second-order valence-corrected chi connectivity index (χ2v) is 6.78. The molecule has 2 N–H and O–H groups in total. The van der Waals surface area contributed by atoms with E-state index in [-0.39, 0.29) is 12.1 Å². The van der Waals surface area contributed by atoms with Crippen LogP contribution in [0.25, 0.3) is 0 Å². The van der Waals surface area contributed by atoms with Gasteiger partial charge in [0.2, 0.25) is 0 Å². The number of benzene rings is 2. The molecule has 5 nitrogen and oxygen atoms in total. The van der Waals surface area contributed by atoms with E-state index in [0.29, 0.717) is 13.2 Å². The van der Waals surface area contributed by atoms with E-state index in [9.17, 15) is 4.79 Å². The number of likely N-dealkylation sites (tertiary alicyclic amines) is 1. The number of hydrogen-bond donors (Lipinski definition) is 2. The molecule has 0 spiro atoms. The zero-order valence-corrected chi connectivity index (χ0v) is 14.2. The van der Waals surface area contributed by atoms with Gasteiger partial charge in [0, 0.05) is 31.4 Å². The molecule has 0 saturated carbocycles. The van der Waals surface area contributed by atoms with Gasteiger partial charge in [-0.2, -0.15) is 0 Å². The van der Waals surface area contributed by atoms with E-state index in [2.05, 4.69) is 39.8 Å². The summed E-state index contributed by atoms with van der Waals surface area (Å²) >= 11 is 0. The van der Waals surface area contributed by atoms with Gasteiger partial charge in [0.05, 0.1) is 13.2 Å². The van der Waals surface area contributed by atoms with E-state index in [1.165, 1.54) is 11.1 Å². The van der Waals surface area contributed by atoms with Crippen LogP contribution in [0, 0.1) is 0 Å². The highest BCUT2D eigenvalue weighted by molar-refractivity contribution is 5.89. The molecule has 0 bridgehead atoms. The molecular formula is C20H23N3O2. The maximum Gasteiger partial charge on any atom is 0.319 e. The van der Waals surface area contributed by atoms with Crippen LogP contribution in [0.3, 0.4) is 0 Å². The van der Waals surface area contributed by atoms with Crippen molar-refractivity contribution in [2.45, 2.75) is 32.2 Å². The van der Waals surface area contributed by atoms with Gasteiger partial charge in [-0.3, -0.25) is 4.90 Å². The number of ether oxygens (including phenoxy) is 1. The van der Waals surface area contributed by atoms with Gasteiger partial charge in [-0.25, -0.2) is 4.79 Å². The number of rotatable bonds is 4. The standard InChI is InChI=1S/C20H23N3O2/c24-20(21-18-7-6-16-13-25-14-17(16)10-18)22-19-8-9-23(12-19)11-15-4-2-1-3-5-15/h1-7,10,19H,8-9,11-14H2,(H2,21,22,24). The summed E-state index contributed by atoms with van der Waals surface area (Å²) in [6.45, 7) is 4.13. The van der Waals surface area contributed by atoms with Gasteiger partial charge in [-0.15, -0.1) is 0 Å². The zero-order valence-electron chi connectivity index (χ0n) is 14.2. The average Bonchev–Trinajstić information content (AvgIpc) is 3.24. The Morgan fingerprint density at radius 3 is 2.84 bits per heavy atom. The van der Waals surface area contributed by atoms with Crippen LogP contribution < -0.4 is 10.6 Å². The monoisotopic (exact) mass is 337 g/mol. The third kappa shape index (κ3) is 4.00. The minimum Gasteiger partial charge on any atom is -0.372 e. The van der Waals surface area contributed by atoms with Crippen LogP contribution in [0.2, 0.25) is 0 Å². The van der Waals surface area contributed by atoms with E-state index < -0.39 is 0 Å². The van der Waals surface area contributed by atoms with Crippen LogP contribution in [0.15, 0.2) is 48.5 Å². The van der Waals surface area contributed by atoms with Crippen LogP contribution in [-0.4, -0.2) is 30.1 Å². The Bertz CT molecular complexity index is 748. The van der Waals surface area contributed by atoms with Crippen molar-refractivity contribution in [2.24, 2.45) is 0 Å². The Balaban J connectivity index is 1.27. The summed E-state index contributed by atoms with van der Waals surface area (Å²) in [6.07, 6.45) is 0.984. The number of carbonyl (C=O) groups is 1. The zero-order chi connectivity index (χ0) is 17.1. The first-order chi connectivity index (χ1) is 12.3. The quantitative estimate of drug-likeness (QED) is 0.901. The highest BCUT2D eigenvalue weighted by Gasteiger charge is 2.24. The lowest BCUT2D eigenvalue weighted by atomic mass is 10.1. The van der Waals surface area contributed by atoms with Gasteiger partial charge in [0.15, 0.2) is 0 Å². The van der Waals surface area contributed by atoms with Crippen molar-refractivity contribution in [3.63, 3.8) is 0 Å². The summed E-state index contributed by atoms with van der Waals surface area (Å²) < 4.78 is 5.41. The lowest BCUT2D eigenvalue weighted by molar-refractivity contribution is 0.134. The Morgan fingerprint density at radius 1 is 1.12 bits per heavy atom. The number of hydrogen-bond acceptors (Lipinski definition) is 3. The lowest BCUT2D eigenvalue weighted by Gasteiger charge is -2.17. The predicted molar refractivity (Wildman–Crippen MR) is 97.2 cm³/mol. The number of nitrogens with zero attached hydrogens (tertiary/aromatic N) is 1. The SMILES string of the molecule is O=C(Nc1ccc2c(c1)COC2)NC1CCN(Cc2ccccc2)C1. The highest BCUT2D eigenvalue weighted by atomic mass is 16.5. The Hall–Kier alpha value is -2.37. The molecule has 2 aromatic rings. The fourth-order valence-electron chi connectivity index (χ4n) is 3.54. The molecule has 1 unspecified atom stereocenters. The van der Waals surface area contributed by atoms with Gasteiger partial charge < -0.3 is 15.4 Å². The molecule has 2 aromatic carbocycles. The van der Waals surface area contributed by atoms with Crippen molar-refractivity contribution < 1.29 is 9.53 Å². The first-order valence-corrected chi connectivity index (χ1v) is 8.79. The normalized spacial score (nSPS) is 19.6. The molecule has 0 aromatic heterocycles. The molecule has 0 radical (unpaired) electrons. The van der Waals surface area contributed by atoms with Crippen molar-refractivity contribution in [1.29, 1.82) is 0 Å². The molecule has 1 fully saturated rings. The molecule has 4 rings (SSSR count). The van der Waals surface area contributed by atoms with Crippen molar-refractivity contribution in [3.8, 4) is 0 Å². The first kappa shape index (κ1) is 16.1. The van der Waals surface area contributed by atoms with E-state index in [4.69, 9.17) is 4.74 Å². The van der Waals surface area contributed by atoms with E-state index in [1.54, 1.807) is 0 Å². The Labute approximate surface area is 148 Å². The van der Waals surface area contributed by atoms with E-state index in [0.717, 1.165) is 37.3 Å². The molecule has 1 atom stereocenters. The van der Waals surface area contributed by atoms with Crippen LogP contribution >= 0.6 is 0 Å². The Kier molecular flexibility index (Phi) is 4.68. The topological polar surface area (TPSA) is 53.6 Å². The summed E-state index contributed by atoms with van der Waals surface area (Å²) in [4.78, 5) is 14.6. The fraction of sp³-hybridized carbons (Fsp3) is 0.350. The van der Waals surface area contributed by atoms with Crippen LogP contribution in [0.1, 0.15) is 23.1 Å². The number of amides is 2. The van der Waals surface area contributed by atoms with Crippen molar-refractivity contribution in [1.82, 2.24) is 10.2 Å². The van der Waals surface area contributed by atoms with Crippen molar-refractivity contribution in [2.75, 3.05) is 18.4 Å². The molecule has 2 aliphatic heterocycles. The molecule has 5 heteroatoms. The maximum absolute atomic E-state index is 12.3. The predicted octanol–water partition coefficient (Wildman–Crippen LogP) is 3.11. The van der Waals surface area contributed by atoms with Gasteiger partial charge in [0.1, 0.15) is 0 Å². The smallest absolute Gasteiger partial charge is 0.319 e. The molecule has 25 heavy (non-hydrogen) atoms. The fourth-order valence-corrected chi connectivity index (χ4v) is 3.54. The second-order valence-electron chi connectivity index (χ2n) is 6.78. The molecule has 130 valence electrons. The second kappa shape index (κ2) is 7.25. The molecule has 0 aliphatic carbocycles. The maximum atomic E-state index is 12.3. The Morgan fingerprint density at radius 2 is 1.96 bits per heavy atom. The number of carbonyl (C=O) groups excluding carboxylic acids is 1. The number of nitrogens with one attached hydrogen (secondary N) is 2. The summed E-state index contributed by atoms with van der Waals surface area (Å²) in [7, 11) is 0. The first-order valence-electron chi connectivity index (χ1n) is 8.79. The van der Waals surface area contributed by atoms with Crippen LogP contribution in [0.4, 0.5) is 10.5 Å². The molecule has 2 aliphatic rings. The molecule has 2 heterocycles. The van der Waals surface area contributed by atoms with Gasteiger partial charge >= 0.3 is 6.03 Å².